The molecule has 1 aromatic rings. The molecule has 0 radical (unpaired) electrons. The molecule has 0 bridgehead atoms. The molecule has 0 aromatic carbocycles. The number of likely N-dealkylation sites (N-methyl/N-ethyl adjacent to an activating group) is 1. The van der Waals surface area contributed by atoms with Crippen LogP contribution in [-0.4, -0.2) is 35.1 Å². The van der Waals surface area contributed by atoms with Crippen LogP contribution < -0.4 is 11.1 Å². The number of nitrogens with zero attached hydrogens (tertiary/aromatic N) is 2. The fraction of sp³-hybridized carbons (Fsp3) is 0.706. The highest BCUT2D eigenvalue weighted by Crippen LogP contribution is 2.39. The highest BCUT2D eigenvalue weighted by atomic mass is 15.2. The van der Waals surface area contributed by atoms with Crippen LogP contribution in [-0.2, 0) is 0 Å². The number of rotatable bonds is 6. The fourth-order valence-corrected chi connectivity index (χ4v) is 3.64. The quantitative estimate of drug-likeness (QED) is 0.846. The molecule has 4 nitrogen and oxygen atoms in total. The SMILES string of the molecule is CCNC(c1c(C)ccnc1N)C(C)(CC)N1CCCC1. The maximum atomic E-state index is 6.23. The lowest BCUT2D eigenvalue weighted by Gasteiger charge is -2.45. The van der Waals surface area contributed by atoms with Crippen molar-refractivity contribution >= 4 is 5.82 Å². The summed E-state index contributed by atoms with van der Waals surface area (Å²) in [5.41, 5.74) is 8.72. The van der Waals surface area contributed by atoms with E-state index >= 15 is 0 Å². The van der Waals surface area contributed by atoms with Gasteiger partial charge < -0.3 is 11.1 Å². The van der Waals surface area contributed by atoms with E-state index in [1.54, 1.807) is 6.20 Å². The summed E-state index contributed by atoms with van der Waals surface area (Å²) in [4.78, 5) is 6.97. The third-order valence-electron chi connectivity index (χ3n) is 5.10. The molecular formula is C17H30N4. The summed E-state index contributed by atoms with van der Waals surface area (Å²) in [5.74, 6) is 0.667. The van der Waals surface area contributed by atoms with Gasteiger partial charge in [0.15, 0.2) is 0 Å². The van der Waals surface area contributed by atoms with Gasteiger partial charge in [0.1, 0.15) is 5.82 Å². The smallest absolute Gasteiger partial charge is 0.128 e. The molecule has 1 aromatic heterocycles. The standard InChI is InChI=1S/C17H30N4/c1-5-17(4,21-11-7-8-12-21)15(19-6-2)14-13(3)9-10-20-16(14)18/h9-10,15,19H,5-8,11-12H2,1-4H3,(H2,18,20). The molecule has 2 unspecified atom stereocenters. The summed E-state index contributed by atoms with van der Waals surface area (Å²) in [6.45, 7) is 12.3. The Kier molecular flexibility index (Phi) is 5.22. The van der Waals surface area contributed by atoms with Gasteiger partial charge in [0.2, 0.25) is 0 Å². The Morgan fingerprint density at radius 3 is 2.57 bits per heavy atom. The van der Waals surface area contributed by atoms with Gasteiger partial charge in [-0.2, -0.15) is 0 Å². The van der Waals surface area contributed by atoms with Crippen molar-refractivity contribution in [3.63, 3.8) is 0 Å². The first kappa shape index (κ1) is 16.2. The molecule has 1 saturated heterocycles. The molecule has 0 aliphatic carbocycles. The summed E-state index contributed by atoms with van der Waals surface area (Å²) in [6, 6.07) is 2.29. The molecule has 0 saturated carbocycles. The lowest BCUT2D eigenvalue weighted by Crippen LogP contribution is -2.53. The zero-order chi connectivity index (χ0) is 15.5. The first-order valence-corrected chi connectivity index (χ1v) is 8.24. The van der Waals surface area contributed by atoms with Gasteiger partial charge >= 0.3 is 0 Å². The third-order valence-corrected chi connectivity index (χ3v) is 5.10. The summed E-state index contributed by atoms with van der Waals surface area (Å²) in [6.07, 6.45) is 5.50. The van der Waals surface area contributed by atoms with E-state index in [0.29, 0.717) is 5.82 Å². The zero-order valence-electron chi connectivity index (χ0n) is 13.9. The summed E-state index contributed by atoms with van der Waals surface area (Å²) in [7, 11) is 0. The van der Waals surface area contributed by atoms with Gasteiger partial charge in [-0.25, -0.2) is 4.98 Å². The van der Waals surface area contributed by atoms with Gasteiger partial charge in [0.05, 0.1) is 6.04 Å². The second kappa shape index (κ2) is 6.75. The maximum Gasteiger partial charge on any atom is 0.128 e. The van der Waals surface area contributed by atoms with Crippen molar-refractivity contribution in [2.75, 3.05) is 25.4 Å². The second-order valence-electron chi connectivity index (χ2n) is 6.32. The number of nitrogens with two attached hydrogens (primary N) is 1. The summed E-state index contributed by atoms with van der Waals surface area (Å²) < 4.78 is 0. The highest BCUT2D eigenvalue weighted by molar-refractivity contribution is 5.47. The highest BCUT2D eigenvalue weighted by Gasteiger charge is 2.41. The van der Waals surface area contributed by atoms with E-state index in [9.17, 15) is 0 Å². The molecule has 1 aliphatic rings. The fourth-order valence-electron chi connectivity index (χ4n) is 3.64. The van der Waals surface area contributed by atoms with Crippen LogP contribution in [0, 0.1) is 6.92 Å². The average molecular weight is 290 g/mol. The van der Waals surface area contributed by atoms with Crippen molar-refractivity contribution in [1.82, 2.24) is 15.2 Å². The van der Waals surface area contributed by atoms with Crippen molar-refractivity contribution in [2.45, 2.75) is 58.5 Å². The Hall–Kier alpha value is -1.13. The second-order valence-corrected chi connectivity index (χ2v) is 6.32. The minimum atomic E-state index is 0.0778. The van der Waals surface area contributed by atoms with Crippen molar-refractivity contribution in [3.05, 3.63) is 23.4 Å². The largest absolute Gasteiger partial charge is 0.383 e. The number of hydrogen-bond acceptors (Lipinski definition) is 4. The van der Waals surface area contributed by atoms with Crippen LogP contribution in [0.5, 0.6) is 0 Å². The Morgan fingerprint density at radius 1 is 1.38 bits per heavy atom. The molecule has 2 heterocycles. The number of hydrogen-bond donors (Lipinski definition) is 2. The van der Waals surface area contributed by atoms with E-state index in [1.165, 1.54) is 37.1 Å². The molecular weight excluding hydrogens is 260 g/mol. The number of anilines is 1. The van der Waals surface area contributed by atoms with Crippen LogP contribution in [0.25, 0.3) is 0 Å². The van der Waals surface area contributed by atoms with Gasteiger partial charge in [-0.1, -0.05) is 13.8 Å². The number of pyridine rings is 1. The van der Waals surface area contributed by atoms with Crippen molar-refractivity contribution in [3.8, 4) is 0 Å². The lowest BCUT2D eigenvalue weighted by atomic mass is 9.81. The monoisotopic (exact) mass is 290 g/mol. The third kappa shape index (κ3) is 3.06. The Morgan fingerprint density at radius 2 is 2.05 bits per heavy atom. The van der Waals surface area contributed by atoms with Gasteiger partial charge in [-0.15, -0.1) is 0 Å². The normalized spacial score (nSPS) is 20.4. The molecule has 1 fully saturated rings. The predicted molar refractivity (Wildman–Crippen MR) is 89.3 cm³/mol. The van der Waals surface area contributed by atoms with E-state index in [4.69, 9.17) is 5.73 Å². The van der Waals surface area contributed by atoms with E-state index in [0.717, 1.165) is 13.0 Å². The lowest BCUT2D eigenvalue weighted by molar-refractivity contribution is 0.0845. The van der Waals surface area contributed by atoms with E-state index in [2.05, 4.69) is 49.0 Å². The van der Waals surface area contributed by atoms with Crippen LogP contribution in [0.3, 0.4) is 0 Å². The predicted octanol–water partition coefficient (Wildman–Crippen LogP) is 2.89. The van der Waals surface area contributed by atoms with Crippen LogP contribution >= 0.6 is 0 Å². The molecule has 0 amide bonds. The first-order valence-electron chi connectivity index (χ1n) is 8.24. The van der Waals surface area contributed by atoms with Gasteiger partial charge in [-0.3, -0.25) is 4.90 Å². The maximum absolute atomic E-state index is 6.23. The van der Waals surface area contributed by atoms with E-state index in [1.807, 2.05) is 0 Å². The van der Waals surface area contributed by atoms with Gasteiger partial charge in [-0.05, 0) is 64.4 Å². The van der Waals surface area contributed by atoms with E-state index < -0.39 is 0 Å². The van der Waals surface area contributed by atoms with Crippen LogP contribution in [0.4, 0.5) is 5.82 Å². The molecule has 2 atom stereocenters. The minimum absolute atomic E-state index is 0.0778. The molecule has 1 aliphatic heterocycles. The van der Waals surface area contributed by atoms with E-state index in [-0.39, 0.29) is 11.6 Å². The molecule has 4 heteroatoms. The van der Waals surface area contributed by atoms with Crippen LogP contribution in [0.1, 0.15) is 57.2 Å². The zero-order valence-corrected chi connectivity index (χ0v) is 13.9. The number of aryl methyl sites for hydroxylation is 1. The molecule has 2 rings (SSSR count). The number of likely N-dealkylation sites (tertiary alicyclic amines) is 1. The van der Waals surface area contributed by atoms with Crippen molar-refractivity contribution in [2.24, 2.45) is 0 Å². The summed E-state index contributed by atoms with van der Waals surface area (Å²) in [5, 5.41) is 3.69. The summed E-state index contributed by atoms with van der Waals surface area (Å²) >= 11 is 0. The Bertz CT molecular complexity index is 448. The van der Waals surface area contributed by atoms with Gasteiger partial charge in [0.25, 0.3) is 0 Å². The molecule has 3 N–H and O–H groups in total. The number of nitrogen functional groups attached to an aromatic ring is 1. The average Bonchev–Trinajstić information content (AvgIpc) is 3.00. The number of aromatic nitrogens is 1. The van der Waals surface area contributed by atoms with Crippen LogP contribution in [0.15, 0.2) is 12.3 Å². The Balaban J connectivity index is 2.45. The van der Waals surface area contributed by atoms with Gasteiger partial charge in [0, 0.05) is 17.3 Å². The topological polar surface area (TPSA) is 54.2 Å². The first-order chi connectivity index (χ1) is 10.0. The molecule has 0 spiro atoms. The number of nitrogens with one attached hydrogen (secondary N) is 1. The molecule has 21 heavy (non-hydrogen) atoms. The molecule has 118 valence electrons. The van der Waals surface area contributed by atoms with Crippen molar-refractivity contribution in [1.29, 1.82) is 0 Å². The Labute approximate surface area is 129 Å². The van der Waals surface area contributed by atoms with Crippen molar-refractivity contribution < 1.29 is 0 Å². The van der Waals surface area contributed by atoms with Crippen LogP contribution in [0.2, 0.25) is 0 Å². The minimum Gasteiger partial charge on any atom is -0.383 e.